The summed E-state index contributed by atoms with van der Waals surface area (Å²) in [5.41, 5.74) is 1.21. The third-order valence-corrected chi connectivity index (χ3v) is 7.54. The topological polar surface area (TPSA) is 67.8 Å². The molecule has 0 radical (unpaired) electrons. The van der Waals surface area contributed by atoms with Gasteiger partial charge in [-0.05, 0) is 59.6 Å². The fourth-order valence-electron chi connectivity index (χ4n) is 6.25. The van der Waals surface area contributed by atoms with Gasteiger partial charge in [-0.1, -0.05) is 26.0 Å². The predicted octanol–water partition coefficient (Wildman–Crippen LogP) is 3.43. The lowest BCUT2D eigenvalue weighted by Crippen LogP contribution is -2.59. The standard InChI is InChI=1S/C22H31NO4/c1-21(2)15-12-17-19(14-5-4-6-16(24)11-14)27-10-8-22(17,13-15)20(21)23-18(25)7-9-26-3/h4-6,11,15,17,19-20,24H,7-10,12-13H2,1-3H3,(H,23,25)/t15-,17-,19-,20-,22?/m1/s1. The molecule has 3 fully saturated rings. The summed E-state index contributed by atoms with van der Waals surface area (Å²) in [4.78, 5) is 12.5. The molecule has 1 saturated heterocycles. The first-order chi connectivity index (χ1) is 12.9. The molecule has 148 valence electrons. The molecule has 2 aliphatic carbocycles. The first kappa shape index (κ1) is 18.8. The zero-order valence-electron chi connectivity index (χ0n) is 16.5. The summed E-state index contributed by atoms with van der Waals surface area (Å²) in [6.45, 7) is 5.77. The van der Waals surface area contributed by atoms with Gasteiger partial charge in [-0.15, -0.1) is 0 Å². The number of rotatable bonds is 5. The molecule has 5 atom stereocenters. The van der Waals surface area contributed by atoms with Crippen LogP contribution in [-0.2, 0) is 14.3 Å². The molecule has 1 unspecified atom stereocenters. The SMILES string of the molecule is COCCC(=O)N[C@@H]1C(C)(C)[C@@H]2C[C@@H]3[C@@H](c4cccc(O)c4)OCCC31C2. The van der Waals surface area contributed by atoms with Gasteiger partial charge in [-0.2, -0.15) is 0 Å². The summed E-state index contributed by atoms with van der Waals surface area (Å²) in [5, 5.41) is 13.3. The number of amides is 1. The van der Waals surface area contributed by atoms with Crippen molar-refractivity contribution in [3.8, 4) is 5.75 Å². The Morgan fingerprint density at radius 1 is 1.41 bits per heavy atom. The summed E-state index contributed by atoms with van der Waals surface area (Å²) < 4.78 is 11.3. The summed E-state index contributed by atoms with van der Waals surface area (Å²) in [7, 11) is 1.63. The van der Waals surface area contributed by atoms with Gasteiger partial charge in [-0.3, -0.25) is 4.79 Å². The Balaban J connectivity index is 1.63. The monoisotopic (exact) mass is 373 g/mol. The van der Waals surface area contributed by atoms with E-state index in [1.54, 1.807) is 13.2 Å². The van der Waals surface area contributed by atoms with E-state index in [0.717, 1.165) is 24.8 Å². The van der Waals surface area contributed by atoms with E-state index < -0.39 is 0 Å². The minimum Gasteiger partial charge on any atom is -0.508 e. The van der Waals surface area contributed by atoms with Crippen LogP contribution >= 0.6 is 0 Å². The minimum atomic E-state index is -0.00896. The molecule has 0 aromatic heterocycles. The number of methoxy groups -OCH3 is 1. The van der Waals surface area contributed by atoms with Crippen LogP contribution in [0.1, 0.15) is 51.2 Å². The van der Waals surface area contributed by atoms with Gasteiger partial charge < -0.3 is 19.9 Å². The number of ether oxygens (including phenoxy) is 2. The number of aromatic hydroxyl groups is 1. The molecule has 2 N–H and O–H groups in total. The maximum Gasteiger partial charge on any atom is 0.222 e. The smallest absolute Gasteiger partial charge is 0.222 e. The average Bonchev–Trinajstić information content (AvgIpc) is 3.12. The third-order valence-electron chi connectivity index (χ3n) is 7.54. The molecule has 3 aliphatic rings. The highest BCUT2D eigenvalue weighted by Crippen LogP contribution is 2.70. The molecule has 1 heterocycles. The van der Waals surface area contributed by atoms with Crippen LogP contribution in [0.3, 0.4) is 0 Å². The lowest BCUT2D eigenvalue weighted by Gasteiger charge is -2.53. The van der Waals surface area contributed by atoms with Crippen molar-refractivity contribution in [2.75, 3.05) is 20.3 Å². The lowest BCUT2D eigenvalue weighted by atomic mass is 9.59. The largest absolute Gasteiger partial charge is 0.508 e. The van der Waals surface area contributed by atoms with E-state index in [4.69, 9.17) is 9.47 Å². The van der Waals surface area contributed by atoms with E-state index in [2.05, 4.69) is 19.2 Å². The van der Waals surface area contributed by atoms with Crippen molar-refractivity contribution in [3.05, 3.63) is 29.8 Å². The van der Waals surface area contributed by atoms with Crippen LogP contribution < -0.4 is 5.32 Å². The van der Waals surface area contributed by atoms with Crippen molar-refractivity contribution < 1.29 is 19.4 Å². The molecule has 27 heavy (non-hydrogen) atoms. The molecule has 2 bridgehead atoms. The van der Waals surface area contributed by atoms with E-state index in [-0.39, 0.29) is 34.6 Å². The third kappa shape index (κ3) is 2.95. The minimum absolute atomic E-state index is 0.00896. The van der Waals surface area contributed by atoms with E-state index in [9.17, 15) is 9.90 Å². The molecular formula is C22H31NO4. The quantitative estimate of drug-likeness (QED) is 0.830. The number of hydrogen-bond acceptors (Lipinski definition) is 4. The Kier molecular flexibility index (Phi) is 4.71. The maximum atomic E-state index is 12.5. The Hall–Kier alpha value is -1.59. The van der Waals surface area contributed by atoms with Crippen LogP contribution in [0.15, 0.2) is 24.3 Å². The first-order valence-electron chi connectivity index (χ1n) is 10.1. The van der Waals surface area contributed by atoms with Crippen molar-refractivity contribution in [3.63, 3.8) is 0 Å². The normalized spacial score (nSPS) is 36.4. The molecule has 1 aromatic rings. The van der Waals surface area contributed by atoms with Gasteiger partial charge in [0.1, 0.15) is 5.75 Å². The van der Waals surface area contributed by atoms with Crippen LogP contribution in [0.4, 0.5) is 0 Å². The van der Waals surface area contributed by atoms with E-state index >= 15 is 0 Å². The number of phenolic OH excluding ortho intramolecular Hbond substituents is 1. The zero-order chi connectivity index (χ0) is 19.2. The van der Waals surface area contributed by atoms with Gasteiger partial charge in [0, 0.05) is 26.2 Å². The molecule has 4 rings (SSSR count). The number of fused-ring (bicyclic) bond motifs is 1. The van der Waals surface area contributed by atoms with Crippen molar-refractivity contribution in [1.82, 2.24) is 5.32 Å². The lowest BCUT2D eigenvalue weighted by molar-refractivity contribution is -0.137. The molecule has 5 heteroatoms. The van der Waals surface area contributed by atoms with E-state index in [1.165, 1.54) is 0 Å². The molecule has 5 nitrogen and oxygen atoms in total. The summed E-state index contributed by atoms with van der Waals surface area (Å²) in [6.07, 6.45) is 3.66. The van der Waals surface area contributed by atoms with Gasteiger partial charge in [0.25, 0.3) is 0 Å². The van der Waals surface area contributed by atoms with Crippen LogP contribution in [0, 0.1) is 22.7 Å². The number of benzene rings is 1. The predicted molar refractivity (Wildman–Crippen MR) is 102 cm³/mol. The van der Waals surface area contributed by atoms with Crippen molar-refractivity contribution >= 4 is 5.91 Å². The number of carbonyl (C=O) groups excluding carboxylic acids is 1. The second-order valence-electron chi connectivity index (χ2n) is 9.18. The Morgan fingerprint density at radius 2 is 2.22 bits per heavy atom. The van der Waals surface area contributed by atoms with Gasteiger partial charge in [0.2, 0.25) is 5.91 Å². The maximum absolute atomic E-state index is 12.5. The highest BCUT2D eigenvalue weighted by atomic mass is 16.5. The van der Waals surface area contributed by atoms with Crippen LogP contribution in [0.25, 0.3) is 0 Å². The second kappa shape index (κ2) is 6.78. The van der Waals surface area contributed by atoms with Gasteiger partial charge in [0.15, 0.2) is 0 Å². The van der Waals surface area contributed by atoms with E-state index in [1.807, 2.05) is 18.2 Å². The van der Waals surface area contributed by atoms with Crippen molar-refractivity contribution in [2.24, 2.45) is 22.7 Å². The Labute approximate surface area is 161 Å². The van der Waals surface area contributed by atoms with Crippen LogP contribution in [0.2, 0.25) is 0 Å². The van der Waals surface area contributed by atoms with Crippen LogP contribution in [-0.4, -0.2) is 37.4 Å². The van der Waals surface area contributed by atoms with Gasteiger partial charge in [0.05, 0.1) is 12.7 Å². The average molecular weight is 373 g/mol. The zero-order valence-corrected chi connectivity index (χ0v) is 16.5. The first-order valence-corrected chi connectivity index (χ1v) is 10.1. The number of hydrogen-bond donors (Lipinski definition) is 2. The van der Waals surface area contributed by atoms with Crippen molar-refractivity contribution in [1.29, 1.82) is 0 Å². The molecule has 2 saturated carbocycles. The molecule has 1 aromatic carbocycles. The van der Waals surface area contributed by atoms with Gasteiger partial charge >= 0.3 is 0 Å². The number of carbonyl (C=O) groups is 1. The highest BCUT2D eigenvalue weighted by molar-refractivity contribution is 5.76. The number of nitrogens with one attached hydrogen (secondary N) is 1. The summed E-state index contributed by atoms with van der Waals surface area (Å²) >= 11 is 0. The molecule has 1 spiro atoms. The van der Waals surface area contributed by atoms with Gasteiger partial charge in [-0.25, -0.2) is 0 Å². The van der Waals surface area contributed by atoms with Crippen molar-refractivity contribution in [2.45, 2.75) is 51.7 Å². The fraction of sp³-hybridized carbons (Fsp3) is 0.682. The Bertz CT molecular complexity index is 718. The molecule has 1 aliphatic heterocycles. The fourth-order valence-corrected chi connectivity index (χ4v) is 6.25. The number of phenols is 1. The molecule has 1 amide bonds. The van der Waals surface area contributed by atoms with E-state index in [0.29, 0.717) is 31.5 Å². The van der Waals surface area contributed by atoms with Crippen LogP contribution in [0.5, 0.6) is 5.75 Å². The highest BCUT2D eigenvalue weighted by Gasteiger charge is 2.68. The molecular weight excluding hydrogens is 342 g/mol. The summed E-state index contributed by atoms with van der Waals surface area (Å²) in [5.74, 6) is 1.31. The summed E-state index contributed by atoms with van der Waals surface area (Å²) in [6, 6.07) is 7.61. The Morgan fingerprint density at radius 3 is 2.96 bits per heavy atom. The second-order valence-corrected chi connectivity index (χ2v) is 9.18.